The van der Waals surface area contributed by atoms with Crippen molar-refractivity contribution in [3.05, 3.63) is 0 Å². The zero-order valence-corrected chi connectivity index (χ0v) is 8.01. The predicted molar refractivity (Wildman–Crippen MR) is 10.0 cm³/mol. The van der Waals surface area contributed by atoms with Gasteiger partial charge in [0.1, 0.15) is 0 Å². The molecular weight excluding hydrogens is 256 g/mol. The summed E-state index contributed by atoms with van der Waals surface area (Å²) >= 11 is 0. The largest absolute Gasteiger partial charge is 0.269 e. The monoisotopic (exact) mass is 259 g/mol. The molecule has 0 N–H and O–H groups in total. The molecule has 39 valence electrons. The van der Waals surface area contributed by atoms with Gasteiger partial charge in [-0.2, -0.15) is 0 Å². The molecule has 0 aliphatic rings. The molecule has 0 atom stereocenters. The number of halogens is 4. The van der Waals surface area contributed by atoms with E-state index >= 15 is 0 Å². The fraction of sp³-hybridized carbons (Fsp3) is 0. The molecule has 0 unspecified atom stereocenters. The van der Waals surface area contributed by atoms with E-state index < -0.39 is 0 Å². The van der Waals surface area contributed by atoms with Crippen LogP contribution in [0.4, 0.5) is 18.8 Å². The first-order valence-electron chi connectivity index (χ1n) is 0. The van der Waals surface area contributed by atoms with E-state index in [4.69, 9.17) is 0 Å². The van der Waals surface area contributed by atoms with Crippen molar-refractivity contribution in [2.24, 2.45) is 0 Å². The van der Waals surface area contributed by atoms with Gasteiger partial charge < -0.3 is 0 Å². The second kappa shape index (κ2) is 75.0. The fourth-order valence-corrected chi connectivity index (χ4v) is 0. The van der Waals surface area contributed by atoms with Crippen LogP contribution in [0.1, 0.15) is 0 Å². The van der Waals surface area contributed by atoms with Crippen LogP contribution in [-0.2, 0) is 58.9 Å². The van der Waals surface area contributed by atoms with Crippen molar-refractivity contribution in [3.8, 4) is 0 Å². The van der Waals surface area contributed by atoms with Gasteiger partial charge in [0.25, 0.3) is 0 Å². The van der Waals surface area contributed by atoms with Gasteiger partial charge in [-0.05, 0) is 0 Å². The molecule has 0 fully saturated rings. The average molecular weight is 260 g/mol. The van der Waals surface area contributed by atoms with Gasteiger partial charge in [0.15, 0.2) is 0 Å². The maximum absolute atomic E-state index is 0. The maximum Gasteiger partial charge on any atom is 0 e. The molecule has 1 radical (unpaired) electrons. The van der Waals surface area contributed by atoms with Gasteiger partial charge in [0, 0.05) is 58.9 Å². The van der Waals surface area contributed by atoms with E-state index in [2.05, 4.69) is 0 Å². The maximum atomic E-state index is 0. The molecule has 0 aliphatic heterocycles. The zero-order valence-electron chi connectivity index (χ0n) is 2.71. The van der Waals surface area contributed by atoms with Crippen molar-refractivity contribution in [2.75, 3.05) is 0 Å². The van der Waals surface area contributed by atoms with Crippen LogP contribution in [0, 0.1) is 0 Å². The second-order valence-electron chi connectivity index (χ2n) is 0. The fourth-order valence-electron chi connectivity index (χ4n) is 0. The molecule has 0 nitrogen and oxygen atoms in total. The van der Waals surface area contributed by atoms with Crippen molar-refractivity contribution in [2.45, 2.75) is 0 Å². The third-order valence-corrected chi connectivity index (χ3v) is 0. The Morgan fingerprint density at radius 3 is 0.500 bits per heavy atom. The first kappa shape index (κ1) is 119. The van der Waals surface area contributed by atoms with E-state index in [1.54, 1.807) is 0 Å². The predicted octanol–water partition coefficient (Wildman–Crippen LogP) is 0.605. The molecule has 0 saturated heterocycles. The second-order valence-corrected chi connectivity index (χ2v) is 0. The summed E-state index contributed by atoms with van der Waals surface area (Å²) in [5.74, 6) is 0. The Morgan fingerprint density at radius 2 is 0.500 bits per heavy atom. The standard InChI is InChI=1S/4FH.Y.Zr/h4*1H;;. The van der Waals surface area contributed by atoms with E-state index in [9.17, 15) is 0 Å². The third kappa shape index (κ3) is 43.4. The number of rotatable bonds is 0. The summed E-state index contributed by atoms with van der Waals surface area (Å²) in [5, 5.41) is 0. The summed E-state index contributed by atoms with van der Waals surface area (Å²) in [4.78, 5) is 0. The molecule has 0 saturated carbocycles. The smallest absolute Gasteiger partial charge is 0 e. The van der Waals surface area contributed by atoms with Gasteiger partial charge in [-0.15, -0.1) is 0 Å². The molecule has 0 spiro atoms. The Balaban J connectivity index is 0. The minimum absolute atomic E-state index is 0. The quantitative estimate of drug-likeness (QED) is 0.560. The molecular formula is H4F4YZr. The Bertz CT molecular complexity index is 7.51. The summed E-state index contributed by atoms with van der Waals surface area (Å²) in [6, 6.07) is 0. The van der Waals surface area contributed by atoms with E-state index in [-0.39, 0.29) is 77.7 Å². The van der Waals surface area contributed by atoms with E-state index in [1.165, 1.54) is 0 Å². The van der Waals surface area contributed by atoms with Crippen LogP contribution in [0.15, 0.2) is 0 Å². The molecule has 0 aromatic rings. The summed E-state index contributed by atoms with van der Waals surface area (Å²) < 4.78 is 0. The normalized spacial score (nSPS) is 0. The Hall–Kier alpha value is 1.71. The average Bonchev–Trinajstić information content (AvgIpc) is 0. The number of hydrogen-bond acceptors (Lipinski definition) is 0. The molecule has 6 heteroatoms. The Labute approximate surface area is 76.9 Å². The molecule has 0 aliphatic carbocycles. The first-order chi connectivity index (χ1) is 0. The minimum Gasteiger partial charge on any atom is -0.269 e. The van der Waals surface area contributed by atoms with Gasteiger partial charge in [-0.1, -0.05) is 0 Å². The van der Waals surface area contributed by atoms with Gasteiger partial charge >= 0.3 is 0 Å². The van der Waals surface area contributed by atoms with Gasteiger partial charge in [-0.3, -0.25) is 18.8 Å². The summed E-state index contributed by atoms with van der Waals surface area (Å²) in [6.07, 6.45) is 0. The van der Waals surface area contributed by atoms with Crippen LogP contribution in [0.3, 0.4) is 0 Å². The molecule has 6 heavy (non-hydrogen) atoms. The van der Waals surface area contributed by atoms with E-state index in [1.807, 2.05) is 0 Å². The molecule has 0 aromatic carbocycles. The van der Waals surface area contributed by atoms with E-state index in [0.717, 1.165) is 0 Å². The van der Waals surface area contributed by atoms with Crippen molar-refractivity contribution in [1.82, 2.24) is 0 Å². The Kier molecular flexibility index (Phi) is 1490. The SMILES string of the molecule is F.F.F.F.[Y].[Zr]. The molecule has 0 heterocycles. The van der Waals surface area contributed by atoms with Crippen molar-refractivity contribution in [1.29, 1.82) is 0 Å². The number of hydrogen-bond donors (Lipinski definition) is 0. The molecule has 0 aromatic heterocycles. The molecule has 0 bridgehead atoms. The van der Waals surface area contributed by atoms with Crippen LogP contribution in [0.25, 0.3) is 0 Å². The zero-order chi connectivity index (χ0) is 0. The van der Waals surface area contributed by atoms with Gasteiger partial charge in [-0.25, -0.2) is 0 Å². The molecule has 0 rings (SSSR count). The minimum atomic E-state index is 0. The van der Waals surface area contributed by atoms with Crippen molar-refractivity contribution < 1.29 is 77.7 Å². The summed E-state index contributed by atoms with van der Waals surface area (Å²) in [6.45, 7) is 0. The van der Waals surface area contributed by atoms with Crippen LogP contribution in [0.5, 0.6) is 0 Å². The topological polar surface area (TPSA) is 0 Å². The van der Waals surface area contributed by atoms with Gasteiger partial charge in [0.2, 0.25) is 0 Å². The summed E-state index contributed by atoms with van der Waals surface area (Å²) in [7, 11) is 0. The third-order valence-electron chi connectivity index (χ3n) is 0. The summed E-state index contributed by atoms with van der Waals surface area (Å²) in [5.41, 5.74) is 0. The van der Waals surface area contributed by atoms with Crippen LogP contribution in [0.2, 0.25) is 0 Å². The van der Waals surface area contributed by atoms with Crippen LogP contribution in [-0.4, -0.2) is 0 Å². The van der Waals surface area contributed by atoms with Crippen LogP contribution >= 0.6 is 0 Å². The van der Waals surface area contributed by atoms with Crippen molar-refractivity contribution >= 4 is 0 Å². The van der Waals surface area contributed by atoms with E-state index in [0.29, 0.717) is 0 Å². The first-order valence-corrected chi connectivity index (χ1v) is 0. The van der Waals surface area contributed by atoms with Crippen molar-refractivity contribution in [3.63, 3.8) is 0 Å². The molecule has 0 amide bonds. The Morgan fingerprint density at radius 1 is 0.500 bits per heavy atom. The van der Waals surface area contributed by atoms with Crippen LogP contribution < -0.4 is 0 Å². The van der Waals surface area contributed by atoms with Gasteiger partial charge in [0.05, 0.1) is 0 Å².